The van der Waals surface area contributed by atoms with Crippen molar-refractivity contribution in [3.63, 3.8) is 0 Å². The molecule has 2 aromatic heterocycles. The van der Waals surface area contributed by atoms with Crippen molar-refractivity contribution in [1.82, 2.24) is 30.4 Å². The number of hydrogen-bond acceptors (Lipinski definition) is 5. The van der Waals surface area contributed by atoms with Gasteiger partial charge < -0.3 is 0 Å². The minimum absolute atomic E-state index is 0.00398. The third-order valence-electron chi connectivity index (χ3n) is 3.77. The molecule has 27 heavy (non-hydrogen) atoms. The fourth-order valence-electron chi connectivity index (χ4n) is 2.54. The molecule has 0 aliphatic heterocycles. The van der Waals surface area contributed by atoms with E-state index in [-0.39, 0.29) is 11.3 Å². The van der Waals surface area contributed by atoms with Gasteiger partial charge in [0.1, 0.15) is 5.82 Å². The van der Waals surface area contributed by atoms with E-state index in [1.165, 1.54) is 36.0 Å². The number of hydrazine groups is 1. The van der Waals surface area contributed by atoms with Crippen LogP contribution in [0.4, 0.5) is 4.39 Å². The lowest BCUT2D eigenvalue weighted by atomic mass is 10.2. The van der Waals surface area contributed by atoms with Crippen LogP contribution in [-0.4, -0.2) is 37.1 Å². The van der Waals surface area contributed by atoms with E-state index in [0.717, 1.165) is 11.0 Å². The largest absolute Gasteiger partial charge is 0.272 e. The molecule has 0 atom stereocenters. The number of para-hydroxylation sites is 2. The van der Waals surface area contributed by atoms with Crippen molar-refractivity contribution < 1.29 is 14.0 Å². The van der Waals surface area contributed by atoms with E-state index >= 15 is 0 Å². The third kappa shape index (κ3) is 3.34. The van der Waals surface area contributed by atoms with Crippen LogP contribution in [0.15, 0.2) is 53.7 Å². The molecule has 2 heterocycles. The number of aromatic amines is 1. The van der Waals surface area contributed by atoms with Crippen molar-refractivity contribution in [3.05, 3.63) is 59.9 Å². The molecule has 10 heteroatoms. The second-order valence-corrected chi connectivity index (χ2v) is 6.48. The molecule has 0 aliphatic rings. The number of amides is 2. The molecule has 0 radical (unpaired) electrons. The average molecular weight is 384 g/mol. The van der Waals surface area contributed by atoms with Gasteiger partial charge in [-0.1, -0.05) is 36.0 Å². The fraction of sp³-hybridized carbons (Fsp3) is 0.0588. The lowest BCUT2D eigenvalue weighted by molar-refractivity contribution is -0.119. The maximum absolute atomic E-state index is 13.5. The normalized spacial score (nSPS) is 11.0. The number of thioether (sulfide) groups is 1. The standard InChI is InChI=1S/C17H13FN6O2S/c18-11-6-2-1-5-10(11)15(26)21-20-14(25)9-27-17-23-22-16-19-12-7-3-4-8-13(12)24(16)17/h1-8H,9H2,(H,19,22)(H,20,25)(H,21,26). The van der Waals surface area contributed by atoms with Gasteiger partial charge in [-0.05, 0) is 24.3 Å². The van der Waals surface area contributed by atoms with Crippen LogP contribution in [0, 0.1) is 5.82 Å². The number of nitrogens with zero attached hydrogens (tertiary/aromatic N) is 3. The summed E-state index contributed by atoms with van der Waals surface area (Å²) in [5, 5.41) is 7.53. The van der Waals surface area contributed by atoms with E-state index in [1.54, 1.807) is 0 Å². The van der Waals surface area contributed by atoms with Gasteiger partial charge in [-0.25, -0.2) is 14.5 Å². The molecule has 0 saturated heterocycles. The molecule has 0 unspecified atom stereocenters. The summed E-state index contributed by atoms with van der Waals surface area (Å²) >= 11 is 1.18. The van der Waals surface area contributed by atoms with Crippen LogP contribution in [0.25, 0.3) is 16.8 Å². The number of H-pyrrole nitrogens is 1. The Kier molecular flexibility index (Phi) is 4.47. The number of benzene rings is 2. The Morgan fingerprint density at radius 3 is 2.74 bits per heavy atom. The number of hydrogen-bond donors (Lipinski definition) is 3. The number of fused-ring (bicyclic) bond motifs is 3. The molecular formula is C17H13FN6O2S. The first-order chi connectivity index (χ1) is 13.1. The number of halogens is 1. The van der Waals surface area contributed by atoms with E-state index in [2.05, 4.69) is 26.0 Å². The first kappa shape index (κ1) is 17.0. The first-order valence-corrected chi connectivity index (χ1v) is 8.90. The Bertz CT molecular complexity index is 1150. The number of nitrogens with one attached hydrogen (secondary N) is 3. The monoisotopic (exact) mass is 384 g/mol. The minimum atomic E-state index is -0.728. The zero-order valence-corrected chi connectivity index (χ0v) is 14.6. The van der Waals surface area contributed by atoms with Crippen LogP contribution in [0.3, 0.4) is 0 Å². The SMILES string of the molecule is O=C(CSc1n[nH]c2nc3ccccc3n12)NNC(=O)c1ccccc1F. The van der Waals surface area contributed by atoms with Crippen LogP contribution in [0.1, 0.15) is 10.4 Å². The number of carbonyl (C=O) groups excluding carboxylic acids is 2. The zero-order chi connectivity index (χ0) is 18.8. The predicted octanol–water partition coefficient (Wildman–Crippen LogP) is 1.90. The number of imidazole rings is 1. The van der Waals surface area contributed by atoms with Crippen LogP contribution >= 0.6 is 11.8 Å². The lowest BCUT2D eigenvalue weighted by Crippen LogP contribution is -2.42. The van der Waals surface area contributed by atoms with E-state index in [1.807, 2.05) is 28.7 Å². The predicted molar refractivity (Wildman–Crippen MR) is 97.6 cm³/mol. The van der Waals surface area contributed by atoms with Crippen molar-refractivity contribution in [2.75, 3.05) is 5.75 Å². The quantitative estimate of drug-likeness (QED) is 0.368. The Balaban J connectivity index is 1.39. The van der Waals surface area contributed by atoms with Crippen LogP contribution in [-0.2, 0) is 4.79 Å². The van der Waals surface area contributed by atoms with Crippen LogP contribution < -0.4 is 10.9 Å². The maximum Gasteiger partial charge on any atom is 0.272 e. The molecule has 0 fully saturated rings. The molecule has 136 valence electrons. The molecule has 0 spiro atoms. The molecule has 2 amide bonds. The van der Waals surface area contributed by atoms with Gasteiger partial charge in [-0.15, -0.1) is 5.10 Å². The van der Waals surface area contributed by atoms with Gasteiger partial charge in [0.25, 0.3) is 5.91 Å². The summed E-state index contributed by atoms with van der Waals surface area (Å²) < 4.78 is 15.4. The Morgan fingerprint density at radius 2 is 1.89 bits per heavy atom. The van der Waals surface area contributed by atoms with Crippen LogP contribution in [0.5, 0.6) is 0 Å². The Morgan fingerprint density at radius 1 is 1.11 bits per heavy atom. The molecule has 2 aromatic carbocycles. The Hall–Kier alpha value is -3.40. The van der Waals surface area contributed by atoms with Crippen molar-refractivity contribution in [2.24, 2.45) is 0 Å². The van der Waals surface area contributed by atoms with E-state index in [4.69, 9.17) is 0 Å². The topological polar surface area (TPSA) is 104 Å². The van der Waals surface area contributed by atoms with E-state index in [0.29, 0.717) is 10.9 Å². The van der Waals surface area contributed by atoms with E-state index < -0.39 is 17.6 Å². The van der Waals surface area contributed by atoms with Crippen molar-refractivity contribution in [1.29, 1.82) is 0 Å². The second kappa shape index (κ2) is 7.08. The smallest absolute Gasteiger partial charge is 0.272 e. The van der Waals surface area contributed by atoms with Crippen LogP contribution in [0.2, 0.25) is 0 Å². The minimum Gasteiger partial charge on any atom is -0.272 e. The lowest BCUT2D eigenvalue weighted by Gasteiger charge is -2.07. The molecule has 3 N–H and O–H groups in total. The summed E-state index contributed by atoms with van der Waals surface area (Å²) in [6, 6.07) is 13.1. The molecule has 4 rings (SSSR count). The van der Waals surface area contributed by atoms with Gasteiger partial charge in [0.15, 0.2) is 5.16 Å². The highest BCUT2D eigenvalue weighted by Crippen LogP contribution is 2.22. The molecule has 0 bridgehead atoms. The number of aromatic nitrogens is 4. The number of rotatable bonds is 4. The summed E-state index contributed by atoms with van der Waals surface area (Å²) in [6.45, 7) is 0. The highest BCUT2D eigenvalue weighted by Gasteiger charge is 2.15. The van der Waals surface area contributed by atoms with Crippen molar-refractivity contribution >= 4 is 40.4 Å². The van der Waals surface area contributed by atoms with Crippen molar-refractivity contribution in [2.45, 2.75) is 5.16 Å². The highest BCUT2D eigenvalue weighted by atomic mass is 32.2. The maximum atomic E-state index is 13.5. The Labute approximate surface area is 156 Å². The van der Waals surface area contributed by atoms with Gasteiger partial charge >= 0.3 is 0 Å². The van der Waals surface area contributed by atoms with Gasteiger partial charge in [0, 0.05) is 0 Å². The van der Waals surface area contributed by atoms with Gasteiger partial charge in [-0.2, -0.15) is 0 Å². The summed E-state index contributed by atoms with van der Waals surface area (Å²) in [5.74, 6) is -1.26. The van der Waals surface area contributed by atoms with E-state index in [9.17, 15) is 14.0 Å². The second-order valence-electron chi connectivity index (χ2n) is 5.54. The summed E-state index contributed by atoms with van der Waals surface area (Å²) in [5.41, 5.74) is 5.99. The molecule has 0 saturated carbocycles. The number of carbonyl (C=O) groups is 2. The third-order valence-corrected chi connectivity index (χ3v) is 4.71. The first-order valence-electron chi connectivity index (χ1n) is 7.91. The average Bonchev–Trinajstić information content (AvgIpc) is 3.24. The summed E-state index contributed by atoms with van der Waals surface area (Å²) in [4.78, 5) is 28.3. The summed E-state index contributed by atoms with van der Waals surface area (Å²) in [7, 11) is 0. The van der Waals surface area contributed by atoms with Gasteiger partial charge in [-0.3, -0.25) is 24.8 Å². The van der Waals surface area contributed by atoms with Gasteiger partial charge in [0.2, 0.25) is 11.7 Å². The van der Waals surface area contributed by atoms with Gasteiger partial charge in [0.05, 0.1) is 22.3 Å². The van der Waals surface area contributed by atoms with Crippen molar-refractivity contribution in [3.8, 4) is 0 Å². The summed E-state index contributed by atoms with van der Waals surface area (Å²) in [6.07, 6.45) is 0. The fourth-order valence-corrected chi connectivity index (χ4v) is 3.30. The highest BCUT2D eigenvalue weighted by molar-refractivity contribution is 7.99. The zero-order valence-electron chi connectivity index (χ0n) is 13.8. The molecular weight excluding hydrogens is 371 g/mol. The molecule has 8 nitrogen and oxygen atoms in total. The molecule has 0 aliphatic carbocycles. The molecule has 4 aromatic rings.